The summed E-state index contributed by atoms with van der Waals surface area (Å²) in [7, 11) is 10.6. The molecule has 4 rings (SSSR count). The molecule has 0 spiro atoms. The second-order valence-electron chi connectivity index (χ2n) is 11.8. The molecule has 2 aliphatic heterocycles. The van der Waals surface area contributed by atoms with E-state index in [0.29, 0.717) is 36.2 Å². The van der Waals surface area contributed by atoms with Gasteiger partial charge < -0.3 is 28.8 Å². The minimum absolute atomic E-state index is 0.0820. The van der Waals surface area contributed by atoms with E-state index < -0.39 is 0 Å². The van der Waals surface area contributed by atoms with Crippen molar-refractivity contribution in [3.63, 3.8) is 0 Å². The van der Waals surface area contributed by atoms with Crippen LogP contribution in [-0.2, 0) is 22.3 Å². The van der Waals surface area contributed by atoms with Crippen molar-refractivity contribution < 1.29 is 28.8 Å². The zero-order chi connectivity index (χ0) is 33.9. The number of methoxy groups -OCH3 is 4. The first-order valence-electron chi connectivity index (χ1n) is 15.8. The molecule has 1 saturated heterocycles. The Labute approximate surface area is 280 Å². The Balaban J connectivity index is 1.49. The Bertz CT molecular complexity index is 1560. The number of hydrogen-bond acceptors (Lipinski definition) is 8. The van der Waals surface area contributed by atoms with Crippen LogP contribution in [0.3, 0.4) is 0 Å². The summed E-state index contributed by atoms with van der Waals surface area (Å²) in [5.74, 6) is 4.74. The first kappa shape index (κ1) is 35.4. The number of nitrogens with zero attached hydrogens (tertiary/aromatic N) is 2. The minimum Gasteiger partial charge on any atom is -0.504 e. The van der Waals surface area contributed by atoms with Crippen LogP contribution in [0.15, 0.2) is 90.0 Å². The number of allylic oxidation sites excluding steroid dienone is 4. The van der Waals surface area contributed by atoms with Crippen LogP contribution in [0, 0.1) is 12.3 Å². The highest BCUT2D eigenvalue weighted by atomic mass is 16.7. The van der Waals surface area contributed by atoms with Gasteiger partial charge in [-0.3, -0.25) is 9.80 Å². The van der Waals surface area contributed by atoms with E-state index >= 15 is 0 Å². The zero-order valence-electron chi connectivity index (χ0n) is 28.5. The van der Waals surface area contributed by atoms with Crippen LogP contribution in [0.25, 0.3) is 0 Å². The Morgan fingerprint density at radius 3 is 2.38 bits per heavy atom. The van der Waals surface area contributed by atoms with Crippen molar-refractivity contribution in [2.24, 2.45) is 0 Å². The lowest BCUT2D eigenvalue weighted by atomic mass is 9.86. The minimum atomic E-state index is -0.0820. The lowest BCUT2D eigenvalue weighted by Gasteiger charge is -2.36. The summed E-state index contributed by atoms with van der Waals surface area (Å²) in [4.78, 5) is 4.59. The van der Waals surface area contributed by atoms with Gasteiger partial charge in [-0.2, -0.15) is 0 Å². The van der Waals surface area contributed by atoms with Crippen molar-refractivity contribution in [3.05, 3.63) is 107 Å². The summed E-state index contributed by atoms with van der Waals surface area (Å²) in [5, 5.41) is 11.2. The molecule has 1 fully saturated rings. The Kier molecular flexibility index (Phi) is 12.8. The lowest BCUT2D eigenvalue weighted by molar-refractivity contribution is 0.151. The second-order valence-corrected chi connectivity index (χ2v) is 11.8. The maximum atomic E-state index is 11.2. The highest BCUT2D eigenvalue weighted by Gasteiger charge is 2.32. The molecule has 2 aromatic rings. The van der Waals surface area contributed by atoms with Crippen molar-refractivity contribution in [1.82, 2.24) is 9.80 Å². The second kappa shape index (κ2) is 16.9. The van der Waals surface area contributed by atoms with Gasteiger partial charge in [-0.25, -0.2) is 0 Å². The van der Waals surface area contributed by atoms with Crippen LogP contribution in [0.4, 0.5) is 0 Å². The Morgan fingerprint density at radius 1 is 1.02 bits per heavy atom. The van der Waals surface area contributed by atoms with Crippen molar-refractivity contribution >= 4 is 0 Å². The van der Waals surface area contributed by atoms with Crippen LogP contribution < -0.4 is 14.2 Å². The predicted octanol–water partition coefficient (Wildman–Crippen LogP) is 6.39. The molecule has 2 aromatic carbocycles. The molecule has 0 amide bonds. The molecule has 0 aliphatic carbocycles. The molecule has 2 heterocycles. The number of piperidine rings is 1. The summed E-state index contributed by atoms with van der Waals surface area (Å²) >= 11 is 0. The molecule has 0 radical (unpaired) electrons. The number of hydrogen-bond donors (Lipinski definition) is 1. The van der Waals surface area contributed by atoms with E-state index in [4.69, 9.17) is 30.1 Å². The maximum Gasteiger partial charge on any atom is 0.284 e. The summed E-state index contributed by atoms with van der Waals surface area (Å²) in [6, 6.07) is 10.1. The van der Waals surface area contributed by atoms with Crippen LogP contribution in [0.5, 0.6) is 23.0 Å². The number of fused-ring (bicyclic) bond motifs is 1. The fraction of sp³-hybridized carbons (Fsp3) is 0.385. The van der Waals surface area contributed by atoms with Crippen LogP contribution in [0.1, 0.15) is 35.6 Å². The lowest BCUT2D eigenvalue weighted by Crippen LogP contribution is -2.40. The molecule has 250 valence electrons. The van der Waals surface area contributed by atoms with Gasteiger partial charge in [0.1, 0.15) is 5.75 Å². The third-order valence-electron chi connectivity index (χ3n) is 9.00. The van der Waals surface area contributed by atoms with Gasteiger partial charge in [0, 0.05) is 43.9 Å². The van der Waals surface area contributed by atoms with E-state index in [1.807, 2.05) is 36.4 Å². The zero-order valence-corrected chi connectivity index (χ0v) is 28.5. The molecule has 8 heteroatoms. The van der Waals surface area contributed by atoms with Gasteiger partial charge in [0.15, 0.2) is 11.5 Å². The maximum absolute atomic E-state index is 11.2. The van der Waals surface area contributed by atoms with Crippen LogP contribution in [-0.4, -0.2) is 83.2 Å². The third-order valence-corrected chi connectivity index (χ3v) is 9.00. The van der Waals surface area contributed by atoms with Crippen molar-refractivity contribution in [2.75, 3.05) is 62.2 Å². The molecule has 0 unspecified atom stereocenters. The highest BCUT2D eigenvalue weighted by Crippen LogP contribution is 2.48. The van der Waals surface area contributed by atoms with Gasteiger partial charge in [0.2, 0.25) is 5.75 Å². The van der Waals surface area contributed by atoms with E-state index in [2.05, 4.69) is 54.6 Å². The average molecular weight is 641 g/mol. The van der Waals surface area contributed by atoms with E-state index in [0.717, 1.165) is 49.1 Å². The molecule has 0 bridgehead atoms. The number of likely N-dealkylation sites (N-methyl/N-ethyl adjacent to an activating group) is 2. The molecule has 1 N–H and O–H groups in total. The summed E-state index contributed by atoms with van der Waals surface area (Å²) in [6.07, 6.45) is 18.5. The Morgan fingerprint density at radius 2 is 1.74 bits per heavy atom. The number of benzene rings is 2. The molecule has 0 saturated carbocycles. The summed E-state index contributed by atoms with van der Waals surface area (Å²) < 4.78 is 27.9. The number of terminal acetylenes is 1. The number of likely N-dealkylation sites (tertiary alicyclic amines) is 1. The molecule has 47 heavy (non-hydrogen) atoms. The summed E-state index contributed by atoms with van der Waals surface area (Å²) in [5.41, 5.74) is 6.46. The van der Waals surface area contributed by atoms with Gasteiger partial charge in [-0.1, -0.05) is 42.9 Å². The van der Waals surface area contributed by atoms with Gasteiger partial charge in [0.25, 0.3) is 5.95 Å². The van der Waals surface area contributed by atoms with E-state index in [1.54, 1.807) is 27.4 Å². The monoisotopic (exact) mass is 640 g/mol. The highest BCUT2D eigenvalue weighted by molar-refractivity contribution is 5.60. The van der Waals surface area contributed by atoms with Gasteiger partial charge in [0.05, 0.1) is 27.9 Å². The largest absolute Gasteiger partial charge is 0.504 e. The van der Waals surface area contributed by atoms with E-state index in [9.17, 15) is 5.11 Å². The van der Waals surface area contributed by atoms with Gasteiger partial charge in [-0.15, -0.1) is 6.42 Å². The first-order chi connectivity index (χ1) is 22.8. The van der Waals surface area contributed by atoms with Crippen molar-refractivity contribution in [2.45, 2.75) is 37.8 Å². The van der Waals surface area contributed by atoms with Crippen molar-refractivity contribution in [3.8, 4) is 35.3 Å². The first-order valence-corrected chi connectivity index (χ1v) is 15.8. The molecule has 2 atom stereocenters. The van der Waals surface area contributed by atoms with E-state index in [1.165, 1.54) is 23.8 Å². The smallest absolute Gasteiger partial charge is 0.284 e. The molecular formula is C39H48N2O6. The SMILES string of the molecule is C#C/C=C1\C(=C/COC)CCN(C)[C@H]1Cc1ccc(O/C(=C\C=C(/C=C)C[C@H]2c3c(cc(OC)c(OC)c3O)CCN2C)OC)cc1. The standard InChI is InChI=1S/C39H48N2O6/c1-9-11-32-29(20-23-43-5)18-21-40(3)33(32)25-28-12-15-31(16-13-28)47-36(45-7)17-14-27(10-2)24-34-37-30(19-22-41(34)4)26-35(44-6)39(46-8)38(37)42/h1,10-17,20,26,33-34,42H,2,18-19,21-25H2,3-8H3/b27-14+,29-20-,32-11+,36-17-/t33-,34-/m0/s1. The third kappa shape index (κ3) is 8.49. The Hall–Kier alpha value is -4.42. The van der Waals surface area contributed by atoms with E-state index in [-0.39, 0.29) is 17.8 Å². The van der Waals surface area contributed by atoms with Crippen LogP contribution in [0.2, 0.25) is 0 Å². The van der Waals surface area contributed by atoms with Crippen LogP contribution >= 0.6 is 0 Å². The fourth-order valence-electron chi connectivity index (χ4n) is 6.34. The molecule has 0 aromatic heterocycles. The number of ether oxygens (including phenoxy) is 5. The predicted molar refractivity (Wildman–Crippen MR) is 187 cm³/mol. The fourth-order valence-corrected chi connectivity index (χ4v) is 6.34. The topological polar surface area (TPSA) is 72.9 Å². The molecule has 8 nitrogen and oxygen atoms in total. The summed E-state index contributed by atoms with van der Waals surface area (Å²) in [6.45, 7) is 6.42. The molecule has 2 aliphatic rings. The normalized spacial score (nSPS) is 20.9. The number of phenols is 1. The molecular weight excluding hydrogens is 592 g/mol. The van der Waals surface area contributed by atoms with Gasteiger partial charge in [-0.05, 0) is 91.9 Å². The average Bonchev–Trinajstić information content (AvgIpc) is 3.08. The van der Waals surface area contributed by atoms with Gasteiger partial charge >= 0.3 is 0 Å². The number of rotatable bonds is 13. The quantitative estimate of drug-likeness (QED) is 0.154. The van der Waals surface area contributed by atoms with Crippen molar-refractivity contribution in [1.29, 1.82) is 0 Å². The number of phenolic OH excluding ortho intramolecular Hbond substituents is 1. The number of aromatic hydroxyl groups is 1.